The van der Waals surface area contributed by atoms with Crippen molar-refractivity contribution in [2.24, 2.45) is 17.6 Å². The van der Waals surface area contributed by atoms with Crippen molar-refractivity contribution in [1.82, 2.24) is 0 Å². The largest absolute Gasteiger partial charge is 0.366 e. The minimum atomic E-state index is -0.849. The van der Waals surface area contributed by atoms with Gasteiger partial charge in [-0.2, -0.15) is 0 Å². The third-order valence-electron chi connectivity index (χ3n) is 2.95. The number of carbonyl (C=O) groups excluding carboxylic acids is 2. The van der Waals surface area contributed by atoms with Crippen LogP contribution < -0.4 is 11.1 Å². The molecule has 0 bridgehead atoms. The maximum Gasteiger partial charge on any atom is 0.251 e. The van der Waals surface area contributed by atoms with Crippen molar-refractivity contribution in [2.45, 2.75) is 13.3 Å². The summed E-state index contributed by atoms with van der Waals surface area (Å²) in [6, 6.07) is 3.78. The Morgan fingerprint density at radius 2 is 2.12 bits per heavy atom. The summed E-state index contributed by atoms with van der Waals surface area (Å²) in [6.07, 6.45) is 0.871. The first kappa shape index (κ1) is 11.6. The van der Waals surface area contributed by atoms with E-state index in [1.165, 1.54) is 12.1 Å². The Balaban J connectivity index is 2.14. The molecule has 1 aromatic carbocycles. The minimum Gasteiger partial charge on any atom is -0.366 e. The predicted molar refractivity (Wildman–Crippen MR) is 60.8 cm³/mol. The average molecular weight is 236 g/mol. The number of hydrogen-bond acceptors (Lipinski definition) is 2. The molecule has 5 heteroatoms. The Kier molecular flexibility index (Phi) is 2.83. The van der Waals surface area contributed by atoms with Crippen LogP contribution in [0.1, 0.15) is 23.7 Å². The lowest BCUT2D eigenvalue weighted by molar-refractivity contribution is -0.117. The number of amides is 2. The van der Waals surface area contributed by atoms with E-state index in [1.807, 2.05) is 6.92 Å². The Hall–Kier alpha value is -1.91. The maximum atomic E-state index is 13.2. The fourth-order valence-corrected chi connectivity index (χ4v) is 1.71. The molecule has 17 heavy (non-hydrogen) atoms. The van der Waals surface area contributed by atoms with Crippen LogP contribution in [0.25, 0.3) is 0 Å². The van der Waals surface area contributed by atoms with Crippen LogP contribution in [0.2, 0.25) is 0 Å². The first-order chi connectivity index (χ1) is 7.99. The Labute approximate surface area is 98.0 Å². The molecule has 90 valence electrons. The molecule has 0 aliphatic heterocycles. The molecule has 1 saturated carbocycles. The van der Waals surface area contributed by atoms with Crippen LogP contribution in [0.5, 0.6) is 0 Å². The minimum absolute atomic E-state index is 0.0251. The van der Waals surface area contributed by atoms with Crippen molar-refractivity contribution in [2.75, 3.05) is 5.32 Å². The quantitative estimate of drug-likeness (QED) is 0.835. The number of primary amides is 1. The highest BCUT2D eigenvalue weighted by Gasteiger charge is 2.39. The normalized spacial score (nSPS) is 22.0. The first-order valence-electron chi connectivity index (χ1n) is 5.39. The van der Waals surface area contributed by atoms with Gasteiger partial charge in [0.25, 0.3) is 5.91 Å². The van der Waals surface area contributed by atoms with E-state index in [4.69, 9.17) is 5.73 Å². The van der Waals surface area contributed by atoms with Crippen LogP contribution in [0, 0.1) is 17.7 Å². The van der Waals surface area contributed by atoms with E-state index in [0.29, 0.717) is 11.6 Å². The zero-order valence-corrected chi connectivity index (χ0v) is 9.37. The lowest BCUT2D eigenvalue weighted by atomic mass is 10.1. The molecule has 2 amide bonds. The third-order valence-corrected chi connectivity index (χ3v) is 2.95. The van der Waals surface area contributed by atoms with Crippen molar-refractivity contribution in [1.29, 1.82) is 0 Å². The molecule has 0 heterocycles. The van der Waals surface area contributed by atoms with Crippen molar-refractivity contribution in [3.63, 3.8) is 0 Å². The number of carbonyl (C=O) groups is 2. The van der Waals surface area contributed by atoms with Crippen molar-refractivity contribution in [3.05, 3.63) is 29.6 Å². The van der Waals surface area contributed by atoms with Crippen molar-refractivity contribution < 1.29 is 14.0 Å². The summed E-state index contributed by atoms with van der Waals surface area (Å²) in [5.41, 5.74) is 5.19. The second kappa shape index (κ2) is 4.16. The van der Waals surface area contributed by atoms with Gasteiger partial charge in [0, 0.05) is 11.6 Å². The van der Waals surface area contributed by atoms with Crippen LogP contribution in [0.3, 0.4) is 0 Å². The molecular weight excluding hydrogens is 223 g/mol. The van der Waals surface area contributed by atoms with Crippen LogP contribution in [-0.4, -0.2) is 11.8 Å². The van der Waals surface area contributed by atoms with E-state index in [1.54, 1.807) is 0 Å². The molecule has 0 saturated heterocycles. The van der Waals surface area contributed by atoms with E-state index in [9.17, 15) is 14.0 Å². The summed E-state index contributed by atoms with van der Waals surface area (Å²) in [7, 11) is 0. The van der Waals surface area contributed by atoms with Gasteiger partial charge in [0.1, 0.15) is 5.82 Å². The van der Waals surface area contributed by atoms with Crippen LogP contribution in [-0.2, 0) is 4.79 Å². The molecule has 1 aromatic rings. The van der Waals surface area contributed by atoms with Crippen LogP contribution in [0.15, 0.2) is 18.2 Å². The maximum absolute atomic E-state index is 13.2. The van der Waals surface area contributed by atoms with Crippen molar-refractivity contribution in [3.8, 4) is 0 Å². The van der Waals surface area contributed by atoms with E-state index < -0.39 is 11.7 Å². The Morgan fingerprint density at radius 1 is 1.47 bits per heavy atom. The van der Waals surface area contributed by atoms with Gasteiger partial charge in [0.15, 0.2) is 0 Å². The summed E-state index contributed by atoms with van der Waals surface area (Å²) in [5, 5.41) is 2.64. The van der Waals surface area contributed by atoms with Gasteiger partial charge in [-0.05, 0) is 30.5 Å². The second-order valence-electron chi connectivity index (χ2n) is 4.37. The molecule has 0 radical (unpaired) electrons. The standard InChI is InChI=1S/C12H13FN2O2/c1-6-4-8(6)12(17)15-7-2-3-10(13)9(5-7)11(14)16/h2-3,5-6,8H,4H2,1H3,(H2,14,16)(H,15,17). The number of nitrogens with one attached hydrogen (secondary N) is 1. The molecule has 1 fully saturated rings. The summed E-state index contributed by atoms with van der Waals surface area (Å²) >= 11 is 0. The zero-order chi connectivity index (χ0) is 12.6. The fourth-order valence-electron chi connectivity index (χ4n) is 1.71. The molecule has 0 spiro atoms. The van der Waals surface area contributed by atoms with Gasteiger partial charge < -0.3 is 11.1 Å². The highest BCUT2D eigenvalue weighted by atomic mass is 19.1. The van der Waals surface area contributed by atoms with E-state index in [-0.39, 0.29) is 17.4 Å². The molecule has 1 aliphatic rings. The lowest BCUT2D eigenvalue weighted by Crippen LogP contribution is -2.17. The highest BCUT2D eigenvalue weighted by molar-refractivity contribution is 5.97. The van der Waals surface area contributed by atoms with Gasteiger partial charge in [-0.3, -0.25) is 9.59 Å². The third kappa shape index (κ3) is 2.43. The summed E-state index contributed by atoms with van der Waals surface area (Å²) in [6.45, 7) is 1.99. The summed E-state index contributed by atoms with van der Waals surface area (Å²) in [4.78, 5) is 22.6. The average Bonchev–Trinajstić information content (AvgIpc) is 2.98. The molecule has 3 N–H and O–H groups in total. The van der Waals surface area contributed by atoms with Gasteiger partial charge in [0.2, 0.25) is 5.91 Å². The van der Waals surface area contributed by atoms with Crippen LogP contribution >= 0.6 is 0 Å². The number of anilines is 1. The van der Waals surface area contributed by atoms with Gasteiger partial charge in [0.05, 0.1) is 5.56 Å². The monoisotopic (exact) mass is 236 g/mol. The zero-order valence-electron chi connectivity index (χ0n) is 9.37. The summed E-state index contributed by atoms with van der Waals surface area (Å²) in [5.74, 6) is -1.21. The molecule has 2 atom stereocenters. The van der Waals surface area contributed by atoms with E-state index in [0.717, 1.165) is 12.5 Å². The number of nitrogens with two attached hydrogens (primary N) is 1. The first-order valence-corrected chi connectivity index (χ1v) is 5.39. The Bertz CT molecular complexity index is 487. The smallest absolute Gasteiger partial charge is 0.251 e. The second-order valence-corrected chi connectivity index (χ2v) is 4.37. The van der Waals surface area contributed by atoms with E-state index >= 15 is 0 Å². The lowest BCUT2D eigenvalue weighted by Gasteiger charge is -2.06. The summed E-state index contributed by atoms with van der Waals surface area (Å²) < 4.78 is 13.2. The Morgan fingerprint density at radius 3 is 2.65 bits per heavy atom. The number of hydrogen-bond donors (Lipinski definition) is 2. The fraction of sp³-hybridized carbons (Fsp3) is 0.333. The van der Waals surface area contributed by atoms with Crippen molar-refractivity contribution >= 4 is 17.5 Å². The number of halogens is 1. The molecular formula is C12H13FN2O2. The van der Waals surface area contributed by atoms with Gasteiger partial charge in [-0.15, -0.1) is 0 Å². The number of benzene rings is 1. The van der Waals surface area contributed by atoms with E-state index in [2.05, 4.69) is 5.32 Å². The van der Waals surface area contributed by atoms with Gasteiger partial charge in [-0.1, -0.05) is 6.92 Å². The molecule has 0 aromatic heterocycles. The predicted octanol–water partition coefficient (Wildman–Crippen LogP) is 1.52. The van der Waals surface area contributed by atoms with Crippen LogP contribution in [0.4, 0.5) is 10.1 Å². The van der Waals surface area contributed by atoms with Gasteiger partial charge >= 0.3 is 0 Å². The molecule has 2 unspecified atom stereocenters. The molecule has 4 nitrogen and oxygen atoms in total. The molecule has 1 aliphatic carbocycles. The SMILES string of the molecule is CC1CC1C(=O)Nc1ccc(F)c(C(N)=O)c1. The van der Waals surface area contributed by atoms with Gasteiger partial charge in [-0.25, -0.2) is 4.39 Å². The topological polar surface area (TPSA) is 72.2 Å². The molecule has 2 rings (SSSR count). The highest BCUT2D eigenvalue weighted by Crippen LogP contribution is 2.38. The number of rotatable bonds is 3.